The van der Waals surface area contributed by atoms with Gasteiger partial charge in [0.05, 0.1) is 0 Å². The van der Waals surface area contributed by atoms with Gasteiger partial charge < -0.3 is 0 Å². The third kappa shape index (κ3) is 3.20. The highest BCUT2D eigenvalue weighted by molar-refractivity contribution is 5.17. The van der Waals surface area contributed by atoms with Crippen LogP contribution in [-0.4, -0.2) is 17.2 Å². The Bertz CT molecular complexity index is 346. The minimum atomic E-state index is -4.45. The van der Waals surface area contributed by atoms with Gasteiger partial charge in [0.1, 0.15) is 5.82 Å². The Balaban J connectivity index is 2.89. The molecule has 16 heavy (non-hydrogen) atoms. The van der Waals surface area contributed by atoms with Crippen molar-refractivity contribution >= 4 is 0 Å². The summed E-state index contributed by atoms with van der Waals surface area (Å²) in [4.78, 5) is 0.297. The number of nitrogens with zero attached hydrogens (tertiary/aromatic N) is 1. The Hall–Kier alpha value is -1.10. The highest BCUT2D eigenvalue weighted by atomic mass is 19.4. The van der Waals surface area contributed by atoms with Crippen LogP contribution >= 0.6 is 0 Å². The number of alkyl halides is 3. The normalized spacial score (nSPS) is 12.5. The number of halogens is 4. The molecular formula is C11H13F4N. The molecule has 0 radical (unpaired) electrons. The molecule has 0 aliphatic heterocycles. The summed E-state index contributed by atoms with van der Waals surface area (Å²) < 4.78 is 51.0. The number of hydrogen-bond acceptors (Lipinski definition) is 1. The van der Waals surface area contributed by atoms with E-state index in [4.69, 9.17) is 0 Å². The predicted octanol–water partition coefficient (Wildman–Crippen LogP) is 3.56. The van der Waals surface area contributed by atoms with E-state index >= 15 is 0 Å². The van der Waals surface area contributed by atoms with Crippen LogP contribution in [0.5, 0.6) is 0 Å². The summed E-state index contributed by atoms with van der Waals surface area (Å²) in [5, 5.41) is 0. The van der Waals surface area contributed by atoms with Crippen LogP contribution in [0.1, 0.15) is 19.4 Å². The lowest BCUT2D eigenvalue weighted by atomic mass is 10.2. The molecule has 1 rings (SSSR count). The molecule has 90 valence electrons. The maximum Gasteiger partial charge on any atom is 0.460 e. The zero-order valence-electron chi connectivity index (χ0n) is 9.05. The lowest BCUT2D eigenvalue weighted by molar-refractivity contribution is -0.259. The van der Waals surface area contributed by atoms with Crippen LogP contribution in [0.3, 0.4) is 0 Å². The Labute approximate surface area is 91.7 Å². The smallest absolute Gasteiger partial charge is 0.207 e. The highest BCUT2D eigenvalue weighted by Crippen LogP contribution is 2.26. The van der Waals surface area contributed by atoms with Crippen molar-refractivity contribution in [2.75, 3.05) is 0 Å². The molecule has 1 nitrogen and oxygen atoms in total. The molecule has 0 amide bonds. The SMILES string of the molecule is CC(C)N(Cc1ccccc1F)C(F)(F)F. The first-order valence-corrected chi connectivity index (χ1v) is 4.89. The third-order valence-electron chi connectivity index (χ3n) is 2.25. The molecule has 1 aromatic rings. The molecule has 0 aromatic heterocycles. The van der Waals surface area contributed by atoms with Crippen molar-refractivity contribution in [3.63, 3.8) is 0 Å². The first kappa shape index (κ1) is 13.0. The van der Waals surface area contributed by atoms with Gasteiger partial charge in [-0.2, -0.15) is 13.2 Å². The maximum absolute atomic E-state index is 13.2. The van der Waals surface area contributed by atoms with Crippen molar-refractivity contribution in [1.29, 1.82) is 0 Å². The van der Waals surface area contributed by atoms with Crippen LogP contribution in [0.2, 0.25) is 0 Å². The van der Waals surface area contributed by atoms with Gasteiger partial charge in [0, 0.05) is 18.2 Å². The van der Waals surface area contributed by atoms with Gasteiger partial charge in [-0.3, -0.25) is 0 Å². The Kier molecular flexibility index (Phi) is 3.91. The van der Waals surface area contributed by atoms with E-state index in [-0.39, 0.29) is 5.56 Å². The van der Waals surface area contributed by atoms with Crippen LogP contribution in [0, 0.1) is 5.82 Å². The fourth-order valence-electron chi connectivity index (χ4n) is 1.38. The topological polar surface area (TPSA) is 3.24 Å². The van der Waals surface area contributed by atoms with Gasteiger partial charge in [0.15, 0.2) is 0 Å². The first-order chi connectivity index (χ1) is 7.32. The average Bonchev–Trinajstić information content (AvgIpc) is 2.14. The van der Waals surface area contributed by atoms with E-state index in [2.05, 4.69) is 0 Å². The van der Waals surface area contributed by atoms with E-state index in [1.807, 2.05) is 0 Å². The maximum atomic E-state index is 13.2. The van der Waals surface area contributed by atoms with Crippen molar-refractivity contribution < 1.29 is 17.6 Å². The molecule has 0 heterocycles. The van der Waals surface area contributed by atoms with Crippen molar-refractivity contribution in [3.05, 3.63) is 35.6 Å². The summed E-state index contributed by atoms with van der Waals surface area (Å²) in [5.74, 6) is -0.614. The van der Waals surface area contributed by atoms with Crippen LogP contribution in [0.25, 0.3) is 0 Å². The van der Waals surface area contributed by atoms with Crippen molar-refractivity contribution in [1.82, 2.24) is 4.90 Å². The quantitative estimate of drug-likeness (QED) is 0.572. The van der Waals surface area contributed by atoms with Crippen molar-refractivity contribution in [3.8, 4) is 0 Å². The van der Waals surface area contributed by atoms with Gasteiger partial charge in [0.25, 0.3) is 0 Å². The summed E-state index contributed by atoms with van der Waals surface area (Å²) in [6.07, 6.45) is -4.45. The first-order valence-electron chi connectivity index (χ1n) is 4.89. The van der Waals surface area contributed by atoms with E-state index in [0.717, 1.165) is 6.07 Å². The number of rotatable bonds is 3. The fourth-order valence-corrected chi connectivity index (χ4v) is 1.38. The molecular weight excluding hydrogens is 222 g/mol. The molecule has 0 aliphatic rings. The van der Waals surface area contributed by atoms with E-state index in [0.29, 0.717) is 4.90 Å². The zero-order chi connectivity index (χ0) is 12.3. The lowest BCUT2D eigenvalue weighted by Crippen LogP contribution is -2.42. The summed E-state index contributed by atoms with van der Waals surface area (Å²) >= 11 is 0. The van der Waals surface area contributed by atoms with Crippen LogP contribution < -0.4 is 0 Å². The largest absolute Gasteiger partial charge is 0.460 e. The number of hydrogen-bond donors (Lipinski definition) is 0. The molecule has 0 saturated carbocycles. The second-order valence-corrected chi connectivity index (χ2v) is 3.78. The molecule has 5 heteroatoms. The standard InChI is InChI=1S/C11H13F4N/c1-8(2)16(11(13,14)15)7-9-5-3-4-6-10(9)12/h3-6,8H,7H2,1-2H3. The Morgan fingerprint density at radius 3 is 2.19 bits per heavy atom. The molecule has 0 unspecified atom stereocenters. The molecule has 0 aliphatic carbocycles. The van der Waals surface area contributed by atoms with E-state index < -0.39 is 24.7 Å². The Morgan fingerprint density at radius 1 is 1.19 bits per heavy atom. The van der Waals surface area contributed by atoms with Gasteiger partial charge in [0.2, 0.25) is 0 Å². The van der Waals surface area contributed by atoms with Gasteiger partial charge >= 0.3 is 6.30 Å². The van der Waals surface area contributed by atoms with E-state index in [9.17, 15) is 17.6 Å². The Morgan fingerprint density at radius 2 is 1.75 bits per heavy atom. The second kappa shape index (κ2) is 4.82. The minimum Gasteiger partial charge on any atom is -0.207 e. The molecule has 0 spiro atoms. The van der Waals surface area contributed by atoms with Crippen molar-refractivity contribution in [2.24, 2.45) is 0 Å². The minimum absolute atomic E-state index is 0.0496. The van der Waals surface area contributed by atoms with Crippen LogP contribution in [0.4, 0.5) is 17.6 Å². The molecule has 0 saturated heterocycles. The summed E-state index contributed by atoms with van der Waals surface area (Å²) in [6.45, 7) is 2.39. The number of benzene rings is 1. The molecule has 0 N–H and O–H groups in total. The summed E-state index contributed by atoms with van der Waals surface area (Å²) in [5.41, 5.74) is 0.0496. The van der Waals surface area contributed by atoms with E-state index in [1.165, 1.54) is 32.0 Å². The van der Waals surface area contributed by atoms with Gasteiger partial charge in [-0.25, -0.2) is 9.29 Å². The molecule has 1 aromatic carbocycles. The van der Waals surface area contributed by atoms with Gasteiger partial charge in [-0.05, 0) is 19.9 Å². The molecule has 0 fully saturated rings. The predicted molar refractivity (Wildman–Crippen MR) is 53.1 cm³/mol. The van der Waals surface area contributed by atoms with Gasteiger partial charge in [-0.15, -0.1) is 0 Å². The monoisotopic (exact) mass is 235 g/mol. The third-order valence-corrected chi connectivity index (χ3v) is 2.25. The van der Waals surface area contributed by atoms with Crippen LogP contribution in [-0.2, 0) is 6.54 Å². The summed E-state index contributed by atoms with van der Waals surface area (Å²) in [6, 6.07) is 4.76. The van der Waals surface area contributed by atoms with Crippen molar-refractivity contribution in [2.45, 2.75) is 32.7 Å². The lowest BCUT2D eigenvalue weighted by Gasteiger charge is -2.28. The second-order valence-electron chi connectivity index (χ2n) is 3.78. The highest BCUT2D eigenvalue weighted by Gasteiger charge is 2.39. The van der Waals surface area contributed by atoms with Gasteiger partial charge in [-0.1, -0.05) is 18.2 Å². The fraction of sp³-hybridized carbons (Fsp3) is 0.455. The zero-order valence-corrected chi connectivity index (χ0v) is 9.05. The molecule has 0 atom stereocenters. The average molecular weight is 235 g/mol. The molecule has 0 bridgehead atoms. The van der Waals surface area contributed by atoms with Crippen LogP contribution in [0.15, 0.2) is 24.3 Å². The van der Waals surface area contributed by atoms with E-state index in [1.54, 1.807) is 0 Å². The summed E-state index contributed by atoms with van der Waals surface area (Å²) in [7, 11) is 0.